The lowest BCUT2D eigenvalue weighted by molar-refractivity contribution is -0.123. The highest BCUT2D eigenvalue weighted by molar-refractivity contribution is 5.92. The van der Waals surface area contributed by atoms with E-state index in [4.69, 9.17) is 10.9 Å². The fourth-order valence-corrected chi connectivity index (χ4v) is 4.57. The number of amides is 1. The minimum atomic E-state index is -0.364. The van der Waals surface area contributed by atoms with Gasteiger partial charge in [0.2, 0.25) is 5.91 Å². The van der Waals surface area contributed by atoms with Crippen LogP contribution in [-0.2, 0) is 4.79 Å². The van der Waals surface area contributed by atoms with Crippen molar-refractivity contribution >= 4 is 11.7 Å². The van der Waals surface area contributed by atoms with Crippen LogP contribution in [0.3, 0.4) is 0 Å². The molecule has 0 spiro atoms. The lowest BCUT2D eigenvalue weighted by Crippen LogP contribution is -2.48. The summed E-state index contributed by atoms with van der Waals surface area (Å²) >= 11 is 0. The Labute approximate surface area is 113 Å². The second-order valence-corrected chi connectivity index (χ2v) is 6.77. The Kier molecular flexibility index (Phi) is 2.95. The van der Waals surface area contributed by atoms with Crippen molar-refractivity contribution < 1.29 is 10.0 Å². The predicted octanol–water partition coefficient (Wildman–Crippen LogP) is 1.17. The van der Waals surface area contributed by atoms with Crippen LogP contribution in [0.25, 0.3) is 0 Å². The lowest BCUT2D eigenvalue weighted by atomic mass is 10.00. The molecule has 0 aromatic heterocycles. The number of carbonyl (C=O) groups is 1. The van der Waals surface area contributed by atoms with Gasteiger partial charge in [-0.15, -0.1) is 0 Å². The topological polar surface area (TPSA) is 87.7 Å². The molecule has 3 saturated carbocycles. The summed E-state index contributed by atoms with van der Waals surface area (Å²) in [6.07, 6.45) is 3.96. The standard InChI is InChI=1S/C14H23N3O2/c1-6(2)12(13(15)17-19)16-14(18)11-9-7-3-4-8(5-7)10(9)11/h6-12,19H,3-5H2,1-2H3,(H2,15,17)(H,16,18). The molecule has 5 heteroatoms. The smallest absolute Gasteiger partial charge is 0.224 e. The SMILES string of the molecule is CC(C)C(NC(=O)C1C2C3CCC(C3)C12)C(N)=NO. The molecule has 0 aromatic rings. The maximum Gasteiger partial charge on any atom is 0.224 e. The third-order valence-corrected chi connectivity index (χ3v) is 5.44. The second-order valence-electron chi connectivity index (χ2n) is 6.77. The highest BCUT2D eigenvalue weighted by Crippen LogP contribution is 2.69. The van der Waals surface area contributed by atoms with Gasteiger partial charge in [0.25, 0.3) is 0 Å². The average Bonchev–Trinajstić information content (AvgIpc) is 2.83. The molecular formula is C14H23N3O2. The number of amidine groups is 1. The van der Waals surface area contributed by atoms with Crippen molar-refractivity contribution in [2.45, 2.75) is 39.2 Å². The first kappa shape index (κ1) is 12.8. The number of nitrogens with one attached hydrogen (secondary N) is 1. The van der Waals surface area contributed by atoms with E-state index in [1.807, 2.05) is 13.8 Å². The Hall–Kier alpha value is -1.26. The number of fused-ring (bicyclic) bond motifs is 5. The van der Waals surface area contributed by atoms with Gasteiger partial charge in [0, 0.05) is 5.92 Å². The van der Waals surface area contributed by atoms with Crippen LogP contribution in [0.2, 0.25) is 0 Å². The quantitative estimate of drug-likeness (QED) is 0.308. The second kappa shape index (κ2) is 4.39. The summed E-state index contributed by atoms with van der Waals surface area (Å²) in [7, 11) is 0. The summed E-state index contributed by atoms with van der Waals surface area (Å²) < 4.78 is 0. The molecule has 3 rings (SSSR count). The Morgan fingerprint density at radius 2 is 1.89 bits per heavy atom. The van der Waals surface area contributed by atoms with Crippen LogP contribution in [0, 0.1) is 35.5 Å². The van der Waals surface area contributed by atoms with Crippen LogP contribution in [0.5, 0.6) is 0 Å². The van der Waals surface area contributed by atoms with E-state index in [0.29, 0.717) is 11.8 Å². The van der Waals surface area contributed by atoms with Gasteiger partial charge in [-0.05, 0) is 48.9 Å². The molecule has 3 aliphatic rings. The molecular weight excluding hydrogens is 242 g/mol. The molecule has 3 fully saturated rings. The van der Waals surface area contributed by atoms with Crippen LogP contribution in [-0.4, -0.2) is 23.0 Å². The first-order valence-corrected chi connectivity index (χ1v) is 7.32. The van der Waals surface area contributed by atoms with E-state index < -0.39 is 0 Å². The first-order valence-electron chi connectivity index (χ1n) is 7.32. The van der Waals surface area contributed by atoms with Crippen molar-refractivity contribution in [3.8, 4) is 0 Å². The molecule has 0 saturated heterocycles. The van der Waals surface area contributed by atoms with E-state index in [-0.39, 0.29) is 29.6 Å². The largest absolute Gasteiger partial charge is 0.409 e. The normalized spacial score (nSPS) is 41.2. The average molecular weight is 265 g/mol. The van der Waals surface area contributed by atoms with Gasteiger partial charge in [0.1, 0.15) is 0 Å². The predicted molar refractivity (Wildman–Crippen MR) is 71.5 cm³/mol. The molecule has 0 radical (unpaired) electrons. The summed E-state index contributed by atoms with van der Waals surface area (Å²) in [5, 5.41) is 14.8. The molecule has 0 aromatic carbocycles. The van der Waals surface area contributed by atoms with Crippen molar-refractivity contribution in [1.29, 1.82) is 0 Å². The summed E-state index contributed by atoms with van der Waals surface area (Å²) in [6, 6.07) is -0.364. The molecule has 5 atom stereocenters. The van der Waals surface area contributed by atoms with Crippen molar-refractivity contribution in [2.24, 2.45) is 46.4 Å². The van der Waals surface area contributed by atoms with Crippen molar-refractivity contribution in [2.75, 3.05) is 0 Å². The fourth-order valence-electron chi connectivity index (χ4n) is 4.57. The zero-order valence-electron chi connectivity index (χ0n) is 11.5. The van der Waals surface area contributed by atoms with Gasteiger partial charge in [0.15, 0.2) is 5.84 Å². The van der Waals surface area contributed by atoms with Crippen LogP contribution >= 0.6 is 0 Å². The summed E-state index contributed by atoms with van der Waals surface area (Å²) in [5.41, 5.74) is 5.66. The number of oxime groups is 1. The molecule has 0 heterocycles. The molecule has 1 amide bonds. The number of nitrogens with two attached hydrogens (primary N) is 1. The van der Waals surface area contributed by atoms with Gasteiger partial charge in [-0.25, -0.2) is 0 Å². The Morgan fingerprint density at radius 1 is 1.32 bits per heavy atom. The number of rotatable bonds is 4. The summed E-state index contributed by atoms with van der Waals surface area (Å²) in [6.45, 7) is 3.92. The van der Waals surface area contributed by atoms with Crippen molar-refractivity contribution in [1.82, 2.24) is 5.32 Å². The minimum absolute atomic E-state index is 0.0946. The molecule has 3 aliphatic carbocycles. The van der Waals surface area contributed by atoms with Gasteiger partial charge in [0.05, 0.1) is 6.04 Å². The number of hydrogen-bond acceptors (Lipinski definition) is 3. The van der Waals surface area contributed by atoms with Crippen LogP contribution in [0.15, 0.2) is 5.16 Å². The zero-order valence-corrected chi connectivity index (χ0v) is 11.5. The lowest BCUT2D eigenvalue weighted by Gasteiger charge is -2.21. The van der Waals surface area contributed by atoms with Gasteiger partial charge in [-0.3, -0.25) is 4.79 Å². The summed E-state index contributed by atoms with van der Waals surface area (Å²) in [5.74, 6) is 3.33. The third-order valence-electron chi connectivity index (χ3n) is 5.44. The maximum absolute atomic E-state index is 12.4. The molecule has 4 N–H and O–H groups in total. The molecule has 19 heavy (non-hydrogen) atoms. The van der Waals surface area contributed by atoms with E-state index in [1.54, 1.807) is 0 Å². The van der Waals surface area contributed by atoms with E-state index in [1.165, 1.54) is 19.3 Å². The Balaban J connectivity index is 1.63. The third kappa shape index (κ3) is 1.90. The molecule has 5 unspecified atom stereocenters. The Morgan fingerprint density at radius 3 is 2.37 bits per heavy atom. The fraction of sp³-hybridized carbons (Fsp3) is 0.857. The monoisotopic (exact) mass is 265 g/mol. The van der Waals surface area contributed by atoms with E-state index in [9.17, 15) is 4.79 Å². The minimum Gasteiger partial charge on any atom is -0.409 e. The van der Waals surface area contributed by atoms with E-state index in [2.05, 4.69) is 10.5 Å². The van der Waals surface area contributed by atoms with Crippen molar-refractivity contribution in [3.05, 3.63) is 0 Å². The van der Waals surface area contributed by atoms with Gasteiger partial charge < -0.3 is 16.3 Å². The van der Waals surface area contributed by atoms with Crippen LogP contribution in [0.1, 0.15) is 33.1 Å². The number of carbonyl (C=O) groups excluding carboxylic acids is 1. The van der Waals surface area contributed by atoms with Gasteiger partial charge in [-0.1, -0.05) is 19.0 Å². The number of hydrogen-bond donors (Lipinski definition) is 3. The van der Waals surface area contributed by atoms with Crippen LogP contribution < -0.4 is 11.1 Å². The van der Waals surface area contributed by atoms with Gasteiger partial charge >= 0.3 is 0 Å². The van der Waals surface area contributed by atoms with E-state index in [0.717, 1.165) is 11.8 Å². The van der Waals surface area contributed by atoms with E-state index >= 15 is 0 Å². The maximum atomic E-state index is 12.4. The highest BCUT2D eigenvalue weighted by Gasteiger charge is 2.67. The van der Waals surface area contributed by atoms with Crippen molar-refractivity contribution in [3.63, 3.8) is 0 Å². The van der Waals surface area contributed by atoms with Crippen LogP contribution in [0.4, 0.5) is 0 Å². The highest BCUT2D eigenvalue weighted by atomic mass is 16.4. The Bertz CT molecular complexity index is 405. The zero-order chi connectivity index (χ0) is 13.7. The molecule has 5 nitrogen and oxygen atoms in total. The molecule has 2 bridgehead atoms. The first-order chi connectivity index (χ1) is 9.04. The summed E-state index contributed by atoms with van der Waals surface area (Å²) in [4.78, 5) is 12.4. The van der Waals surface area contributed by atoms with Gasteiger partial charge in [-0.2, -0.15) is 0 Å². The molecule has 106 valence electrons. The molecule has 0 aliphatic heterocycles. The number of nitrogens with zero attached hydrogens (tertiary/aromatic N) is 1.